The van der Waals surface area contributed by atoms with Gasteiger partial charge >= 0.3 is 6.03 Å². The summed E-state index contributed by atoms with van der Waals surface area (Å²) in [6.45, 7) is 2.76. The molecule has 0 bridgehead atoms. The lowest BCUT2D eigenvalue weighted by molar-refractivity contribution is 0.254. The second kappa shape index (κ2) is 4.91. The molecule has 0 spiro atoms. The second-order valence-electron chi connectivity index (χ2n) is 4.07. The molecule has 4 nitrogen and oxygen atoms in total. The van der Waals surface area contributed by atoms with Crippen LogP contribution in [0.2, 0.25) is 0 Å². The molecule has 2 N–H and O–H groups in total. The highest BCUT2D eigenvalue weighted by Gasteiger charge is 2.13. The number of amides is 2. The number of unbranched alkanes of at least 4 members (excludes halogenated alkanes) is 1. The number of hydrogen-bond donors (Lipinski definition) is 1. The number of primary amides is 1. The molecule has 2 amide bonds. The fourth-order valence-electron chi connectivity index (χ4n) is 1.87. The molecule has 0 aliphatic carbocycles. The van der Waals surface area contributed by atoms with Crippen LogP contribution in [-0.4, -0.2) is 17.0 Å². The molecule has 0 atom stereocenters. The number of carbonyl (C=O) groups excluding carboxylic acids is 1. The molecule has 0 unspecified atom stereocenters. The lowest BCUT2D eigenvalue weighted by atomic mass is 10.3. The van der Waals surface area contributed by atoms with Crippen LogP contribution < -0.4 is 10.6 Å². The largest absolute Gasteiger partial charge is 0.351 e. The summed E-state index contributed by atoms with van der Waals surface area (Å²) in [5.41, 5.74) is 7.33. The van der Waals surface area contributed by atoms with E-state index in [4.69, 9.17) is 5.73 Å². The summed E-state index contributed by atoms with van der Waals surface area (Å²) in [5, 5.41) is 0. The van der Waals surface area contributed by atoms with Gasteiger partial charge in [-0.1, -0.05) is 19.4 Å². The van der Waals surface area contributed by atoms with E-state index in [1.807, 2.05) is 41.1 Å². The summed E-state index contributed by atoms with van der Waals surface area (Å²) in [6, 6.07) is 7.51. The van der Waals surface area contributed by atoms with Gasteiger partial charge < -0.3 is 10.1 Å². The molecule has 0 aliphatic heterocycles. The first-order valence-electron chi connectivity index (χ1n) is 5.86. The molecular formula is C13H17N3O. The van der Waals surface area contributed by atoms with E-state index in [1.165, 1.54) is 0 Å². The normalized spacial score (nSPS) is 10.6. The Morgan fingerprint density at radius 3 is 2.94 bits per heavy atom. The first-order chi connectivity index (χ1) is 8.22. The number of carbonyl (C=O) groups is 1. The number of urea groups is 1. The highest BCUT2D eigenvalue weighted by Crippen LogP contribution is 2.19. The van der Waals surface area contributed by atoms with Crippen LogP contribution in [0.15, 0.2) is 36.7 Å². The summed E-state index contributed by atoms with van der Waals surface area (Å²) >= 11 is 0. The van der Waals surface area contributed by atoms with E-state index >= 15 is 0 Å². The van der Waals surface area contributed by atoms with Crippen molar-refractivity contribution in [2.75, 3.05) is 11.4 Å². The van der Waals surface area contributed by atoms with Crippen molar-refractivity contribution < 1.29 is 4.79 Å². The van der Waals surface area contributed by atoms with Crippen LogP contribution in [-0.2, 0) is 0 Å². The molecule has 0 fully saturated rings. The van der Waals surface area contributed by atoms with Crippen molar-refractivity contribution in [3.63, 3.8) is 0 Å². The molecule has 0 radical (unpaired) electrons. The maximum Gasteiger partial charge on any atom is 0.319 e. The molecule has 4 heteroatoms. The van der Waals surface area contributed by atoms with E-state index in [1.54, 1.807) is 4.90 Å². The van der Waals surface area contributed by atoms with Crippen molar-refractivity contribution in [2.45, 2.75) is 19.8 Å². The van der Waals surface area contributed by atoms with Gasteiger partial charge in [-0.2, -0.15) is 0 Å². The van der Waals surface area contributed by atoms with E-state index in [0.29, 0.717) is 6.54 Å². The lowest BCUT2D eigenvalue weighted by Crippen LogP contribution is -2.36. The van der Waals surface area contributed by atoms with Crippen molar-refractivity contribution in [1.29, 1.82) is 0 Å². The standard InChI is InChI=1S/C13H17N3O/c1-2-3-8-16(13(14)17)12-9-11-6-4-5-7-15(11)10-12/h4-7,9-10H,2-3,8H2,1H3,(H2,14,17). The molecule has 2 heterocycles. The van der Waals surface area contributed by atoms with Crippen molar-refractivity contribution >= 4 is 17.2 Å². The van der Waals surface area contributed by atoms with Crippen LogP contribution in [0.3, 0.4) is 0 Å². The molecule has 2 aromatic rings. The number of pyridine rings is 1. The Kier molecular flexibility index (Phi) is 3.32. The van der Waals surface area contributed by atoms with Crippen LogP contribution in [0.4, 0.5) is 10.5 Å². The van der Waals surface area contributed by atoms with Crippen molar-refractivity contribution in [1.82, 2.24) is 4.40 Å². The summed E-state index contributed by atoms with van der Waals surface area (Å²) in [5.74, 6) is 0. The number of nitrogens with two attached hydrogens (primary N) is 1. The van der Waals surface area contributed by atoms with Gasteiger partial charge in [0.25, 0.3) is 0 Å². The third-order valence-corrected chi connectivity index (χ3v) is 2.80. The molecule has 2 rings (SSSR count). The predicted octanol–water partition coefficient (Wildman–Crippen LogP) is 2.62. The zero-order chi connectivity index (χ0) is 12.3. The van der Waals surface area contributed by atoms with Crippen LogP contribution in [0.5, 0.6) is 0 Å². The number of fused-ring (bicyclic) bond motifs is 1. The van der Waals surface area contributed by atoms with Crippen LogP contribution in [0.25, 0.3) is 5.52 Å². The van der Waals surface area contributed by atoms with Gasteiger partial charge in [-0.05, 0) is 24.6 Å². The molecule has 0 saturated carbocycles. The van der Waals surface area contributed by atoms with E-state index in [0.717, 1.165) is 24.0 Å². The number of rotatable bonds is 4. The average molecular weight is 231 g/mol. The van der Waals surface area contributed by atoms with Crippen LogP contribution >= 0.6 is 0 Å². The van der Waals surface area contributed by atoms with Gasteiger partial charge in [-0.25, -0.2) is 4.79 Å². The third kappa shape index (κ3) is 2.41. The minimum Gasteiger partial charge on any atom is -0.351 e. The maximum absolute atomic E-state index is 11.4. The van der Waals surface area contributed by atoms with E-state index in [9.17, 15) is 4.79 Å². The highest BCUT2D eigenvalue weighted by atomic mass is 16.2. The van der Waals surface area contributed by atoms with Crippen molar-refractivity contribution in [2.24, 2.45) is 5.73 Å². The van der Waals surface area contributed by atoms with Crippen LogP contribution in [0.1, 0.15) is 19.8 Å². The minimum absolute atomic E-state index is 0.394. The number of aromatic nitrogens is 1. The number of nitrogens with zero attached hydrogens (tertiary/aromatic N) is 2. The summed E-state index contributed by atoms with van der Waals surface area (Å²) in [7, 11) is 0. The molecule has 17 heavy (non-hydrogen) atoms. The van der Waals surface area contributed by atoms with Crippen molar-refractivity contribution in [3.8, 4) is 0 Å². The Hall–Kier alpha value is -1.97. The van der Waals surface area contributed by atoms with Gasteiger partial charge in [0, 0.05) is 24.5 Å². The van der Waals surface area contributed by atoms with E-state index in [2.05, 4.69) is 6.92 Å². The minimum atomic E-state index is -0.394. The Morgan fingerprint density at radius 2 is 2.29 bits per heavy atom. The zero-order valence-electron chi connectivity index (χ0n) is 9.97. The molecule has 0 aliphatic rings. The SMILES string of the molecule is CCCCN(C(N)=O)c1cc2ccccn2c1. The number of hydrogen-bond acceptors (Lipinski definition) is 1. The van der Waals surface area contributed by atoms with Crippen molar-refractivity contribution in [3.05, 3.63) is 36.7 Å². The summed E-state index contributed by atoms with van der Waals surface area (Å²) in [6.07, 6.45) is 5.87. The maximum atomic E-state index is 11.4. The first-order valence-corrected chi connectivity index (χ1v) is 5.86. The smallest absolute Gasteiger partial charge is 0.319 e. The van der Waals surface area contributed by atoms with Gasteiger partial charge in [-0.15, -0.1) is 0 Å². The molecule has 90 valence electrons. The Morgan fingerprint density at radius 1 is 1.47 bits per heavy atom. The Labute approximate surface area is 101 Å². The summed E-state index contributed by atoms with van der Waals surface area (Å²) < 4.78 is 1.98. The van der Waals surface area contributed by atoms with Gasteiger partial charge in [-0.3, -0.25) is 4.90 Å². The van der Waals surface area contributed by atoms with Gasteiger partial charge in [0.05, 0.1) is 5.69 Å². The van der Waals surface area contributed by atoms with Gasteiger partial charge in [0.2, 0.25) is 0 Å². The molecule has 0 aromatic carbocycles. The lowest BCUT2D eigenvalue weighted by Gasteiger charge is -2.18. The Bertz CT molecular complexity index is 485. The second-order valence-corrected chi connectivity index (χ2v) is 4.07. The molecule has 0 saturated heterocycles. The highest BCUT2D eigenvalue weighted by molar-refractivity contribution is 5.91. The fraction of sp³-hybridized carbons (Fsp3) is 0.308. The van der Waals surface area contributed by atoms with E-state index < -0.39 is 6.03 Å². The number of anilines is 1. The first kappa shape index (κ1) is 11.5. The van der Waals surface area contributed by atoms with Gasteiger partial charge in [0.15, 0.2) is 0 Å². The molecular weight excluding hydrogens is 214 g/mol. The van der Waals surface area contributed by atoms with Gasteiger partial charge in [0.1, 0.15) is 0 Å². The topological polar surface area (TPSA) is 50.7 Å². The predicted molar refractivity (Wildman–Crippen MR) is 69.2 cm³/mol. The fourth-order valence-corrected chi connectivity index (χ4v) is 1.87. The monoisotopic (exact) mass is 231 g/mol. The Balaban J connectivity index is 2.31. The average Bonchev–Trinajstić information content (AvgIpc) is 2.72. The third-order valence-electron chi connectivity index (χ3n) is 2.80. The van der Waals surface area contributed by atoms with E-state index in [-0.39, 0.29) is 0 Å². The quantitative estimate of drug-likeness (QED) is 0.864. The van der Waals surface area contributed by atoms with Crippen LogP contribution in [0, 0.1) is 0 Å². The zero-order valence-corrected chi connectivity index (χ0v) is 9.97. The molecule has 2 aromatic heterocycles. The summed E-state index contributed by atoms with van der Waals surface area (Å²) in [4.78, 5) is 13.0.